The van der Waals surface area contributed by atoms with Crippen molar-refractivity contribution in [2.24, 2.45) is 0 Å². The fourth-order valence-electron chi connectivity index (χ4n) is 3.47. The van der Waals surface area contributed by atoms with Crippen molar-refractivity contribution in [2.75, 3.05) is 13.2 Å². The molecular weight excluding hydrogens is 421 g/mol. The summed E-state index contributed by atoms with van der Waals surface area (Å²) < 4.78 is 30.9. The van der Waals surface area contributed by atoms with Crippen LogP contribution in [-0.2, 0) is 14.3 Å². The van der Waals surface area contributed by atoms with Crippen molar-refractivity contribution in [1.82, 2.24) is 5.32 Å². The van der Waals surface area contributed by atoms with E-state index in [1.165, 1.54) is 12.1 Å². The van der Waals surface area contributed by atoms with Crippen molar-refractivity contribution in [2.45, 2.75) is 44.4 Å². The van der Waals surface area contributed by atoms with Crippen LogP contribution < -0.4 is 14.8 Å². The first kappa shape index (κ1) is 23.5. The molecule has 1 aliphatic carbocycles. The number of carboxylic acid groups (broad SMARTS) is 1. The number of aliphatic hydroxyl groups excluding tert-OH is 1. The second-order valence-electron chi connectivity index (χ2n) is 7.62. The van der Waals surface area contributed by atoms with Gasteiger partial charge in [0.25, 0.3) is 0 Å². The van der Waals surface area contributed by atoms with Gasteiger partial charge in [0.1, 0.15) is 31.2 Å². The molecule has 9 heteroatoms. The van der Waals surface area contributed by atoms with Crippen LogP contribution in [0, 0.1) is 12.7 Å². The maximum absolute atomic E-state index is 14.5. The second kappa shape index (κ2) is 10.9. The summed E-state index contributed by atoms with van der Waals surface area (Å²) in [5.41, 5.74) is 1.04. The van der Waals surface area contributed by atoms with E-state index in [4.69, 9.17) is 19.3 Å². The number of rotatable bonds is 9. The van der Waals surface area contributed by atoms with E-state index in [2.05, 4.69) is 5.32 Å². The van der Waals surface area contributed by atoms with Crippen LogP contribution in [-0.4, -0.2) is 53.6 Å². The van der Waals surface area contributed by atoms with E-state index in [0.717, 1.165) is 5.56 Å². The van der Waals surface area contributed by atoms with E-state index in [9.17, 15) is 19.1 Å². The average Bonchev–Trinajstić information content (AvgIpc) is 2.74. The van der Waals surface area contributed by atoms with Gasteiger partial charge in [-0.1, -0.05) is 23.8 Å². The summed E-state index contributed by atoms with van der Waals surface area (Å²) in [4.78, 5) is 22.4. The minimum atomic E-state index is -1.18. The van der Waals surface area contributed by atoms with Crippen LogP contribution in [0.25, 0.3) is 0 Å². The number of amides is 1. The topological polar surface area (TPSA) is 114 Å². The molecule has 3 atom stereocenters. The number of carbonyl (C=O) groups excluding carboxylic acids is 1. The van der Waals surface area contributed by atoms with Gasteiger partial charge >= 0.3 is 5.97 Å². The fraction of sp³-hybridized carbons (Fsp3) is 0.391. The molecule has 8 nitrogen and oxygen atoms in total. The maximum Gasteiger partial charge on any atom is 0.329 e. The van der Waals surface area contributed by atoms with Gasteiger partial charge in [0.15, 0.2) is 11.6 Å². The minimum absolute atomic E-state index is 0.0863. The van der Waals surface area contributed by atoms with Gasteiger partial charge < -0.3 is 29.7 Å². The first-order valence-corrected chi connectivity index (χ1v) is 10.3. The largest absolute Gasteiger partial charge is 0.484 e. The van der Waals surface area contributed by atoms with Gasteiger partial charge in [-0.3, -0.25) is 4.79 Å². The van der Waals surface area contributed by atoms with E-state index >= 15 is 0 Å². The summed E-state index contributed by atoms with van der Waals surface area (Å²) in [6, 6.07) is 10.8. The molecule has 1 saturated carbocycles. The number of hydrogen-bond donors (Lipinski definition) is 3. The number of aryl methyl sites for hydroxylation is 1. The predicted molar refractivity (Wildman–Crippen MR) is 112 cm³/mol. The quantitative estimate of drug-likeness (QED) is 0.542. The number of carbonyl (C=O) groups is 2. The standard InChI is InChI=1S/C23H26FNO7/c1-14-8-10-15(11-9-14)31-23-16(24)4-2-7-19(23)32-18-6-3-5-17(22(18)29)25-20(26)12-30-13-21(27)28/h2,4,7-11,17-18,22,29H,3,5-6,12-13H2,1H3,(H,25,26)(H,27,28)/t17-,18-,22-/m1/s1. The molecule has 1 aliphatic rings. The molecule has 172 valence electrons. The van der Waals surface area contributed by atoms with Crippen LogP contribution >= 0.6 is 0 Å². The van der Waals surface area contributed by atoms with E-state index in [1.807, 2.05) is 19.1 Å². The molecule has 32 heavy (non-hydrogen) atoms. The third-order valence-corrected chi connectivity index (χ3v) is 5.05. The Balaban J connectivity index is 1.66. The molecule has 0 heterocycles. The van der Waals surface area contributed by atoms with Crippen molar-refractivity contribution < 1.29 is 38.4 Å². The molecule has 0 unspecified atom stereocenters. The van der Waals surface area contributed by atoms with Crippen molar-refractivity contribution in [1.29, 1.82) is 0 Å². The number of halogens is 1. The molecule has 1 amide bonds. The SMILES string of the molecule is Cc1ccc(Oc2c(F)cccc2O[C@@H]2CCC[C@@H](NC(=O)COCC(=O)O)[C@H]2O)cc1. The number of benzene rings is 2. The van der Waals surface area contributed by atoms with Crippen LogP contribution in [0.1, 0.15) is 24.8 Å². The third kappa shape index (κ3) is 6.41. The summed E-state index contributed by atoms with van der Waals surface area (Å²) in [6.45, 7) is 0.911. The first-order valence-electron chi connectivity index (χ1n) is 10.3. The van der Waals surface area contributed by atoms with Gasteiger partial charge in [0.05, 0.1) is 6.04 Å². The Morgan fingerprint density at radius 1 is 1.12 bits per heavy atom. The Labute approximate surface area is 184 Å². The highest BCUT2D eigenvalue weighted by molar-refractivity contribution is 5.78. The lowest BCUT2D eigenvalue weighted by atomic mass is 9.89. The zero-order valence-corrected chi connectivity index (χ0v) is 17.6. The highest BCUT2D eigenvalue weighted by Crippen LogP contribution is 2.36. The molecular formula is C23H26FNO7. The van der Waals surface area contributed by atoms with Crippen LogP contribution in [0.3, 0.4) is 0 Å². The van der Waals surface area contributed by atoms with Crippen LogP contribution in [0.15, 0.2) is 42.5 Å². The number of ether oxygens (including phenoxy) is 3. The lowest BCUT2D eigenvalue weighted by Crippen LogP contribution is -2.53. The molecule has 0 spiro atoms. The van der Waals surface area contributed by atoms with Gasteiger partial charge in [-0.25, -0.2) is 9.18 Å². The molecule has 0 bridgehead atoms. The molecule has 2 aromatic carbocycles. The highest BCUT2D eigenvalue weighted by Gasteiger charge is 2.35. The summed E-state index contributed by atoms with van der Waals surface area (Å²) in [5.74, 6) is -1.81. The van der Waals surface area contributed by atoms with Crippen LogP contribution in [0.4, 0.5) is 4.39 Å². The van der Waals surface area contributed by atoms with Crippen molar-refractivity contribution in [3.05, 3.63) is 53.8 Å². The lowest BCUT2D eigenvalue weighted by Gasteiger charge is -2.35. The van der Waals surface area contributed by atoms with Gasteiger partial charge in [-0.05, 0) is 50.5 Å². The van der Waals surface area contributed by atoms with E-state index in [0.29, 0.717) is 25.0 Å². The molecule has 0 aliphatic heterocycles. The smallest absolute Gasteiger partial charge is 0.329 e. The number of aliphatic hydroxyl groups is 1. The molecule has 0 saturated heterocycles. The molecule has 0 radical (unpaired) electrons. The van der Waals surface area contributed by atoms with Gasteiger partial charge in [0, 0.05) is 0 Å². The minimum Gasteiger partial charge on any atom is -0.484 e. The number of aliphatic carboxylic acids is 1. The van der Waals surface area contributed by atoms with E-state index < -0.39 is 49.2 Å². The van der Waals surface area contributed by atoms with Gasteiger partial charge in [0.2, 0.25) is 11.7 Å². The monoisotopic (exact) mass is 447 g/mol. The Hall–Kier alpha value is -3.17. The van der Waals surface area contributed by atoms with E-state index in [1.54, 1.807) is 18.2 Å². The second-order valence-corrected chi connectivity index (χ2v) is 7.62. The molecule has 0 aromatic heterocycles. The summed E-state index contributed by atoms with van der Waals surface area (Å²) in [7, 11) is 0. The zero-order valence-electron chi connectivity index (χ0n) is 17.6. The lowest BCUT2D eigenvalue weighted by molar-refractivity contribution is -0.144. The predicted octanol–water partition coefficient (Wildman–Crippen LogP) is 2.80. The Bertz CT molecular complexity index is 934. The Kier molecular flexibility index (Phi) is 8.02. The number of para-hydroxylation sites is 1. The van der Waals surface area contributed by atoms with Gasteiger partial charge in [-0.2, -0.15) is 0 Å². The summed E-state index contributed by atoms with van der Waals surface area (Å²) >= 11 is 0. The highest BCUT2D eigenvalue weighted by atomic mass is 19.1. The van der Waals surface area contributed by atoms with Crippen molar-refractivity contribution in [3.8, 4) is 17.2 Å². The van der Waals surface area contributed by atoms with Crippen LogP contribution in [0.5, 0.6) is 17.2 Å². The van der Waals surface area contributed by atoms with Crippen molar-refractivity contribution in [3.63, 3.8) is 0 Å². The zero-order chi connectivity index (χ0) is 23.1. The molecule has 3 rings (SSSR count). The Morgan fingerprint density at radius 3 is 2.59 bits per heavy atom. The normalized spacial score (nSPS) is 20.4. The van der Waals surface area contributed by atoms with Crippen molar-refractivity contribution >= 4 is 11.9 Å². The number of nitrogens with one attached hydrogen (secondary N) is 1. The molecule has 2 aromatic rings. The summed E-state index contributed by atoms with van der Waals surface area (Å²) in [6.07, 6.45) is -0.0733. The fourth-order valence-corrected chi connectivity index (χ4v) is 3.47. The molecule has 1 fully saturated rings. The third-order valence-electron chi connectivity index (χ3n) is 5.05. The van der Waals surface area contributed by atoms with E-state index in [-0.39, 0.29) is 11.5 Å². The summed E-state index contributed by atoms with van der Waals surface area (Å²) in [5, 5.41) is 21.9. The Morgan fingerprint density at radius 2 is 1.88 bits per heavy atom. The molecule has 3 N–H and O–H groups in total. The maximum atomic E-state index is 14.5. The van der Waals surface area contributed by atoms with Crippen LogP contribution in [0.2, 0.25) is 0 Å². The van der Waals surface area contributed by atoms with Gasteiger partial charge in [-0.15, -0.1) is 0 Å². The number of hydrogen-bond acceptors (Lipinski definition) is 6. The average molecular weight is 447 g/mol. The first-order chi connectivity index (χ1) is 15.3. The number of carboxylic acids is 1.